The molecule has 1 aliphatic heterocycles. The lowest BCUT2D eigenvalue weighted by Gasteiger charge is -2.19. The second kappa shape index (κ2) is 6.21. The fourth-order valence-corrected chi connectivity index (χ4v) is 2.90. The minimum atomic E-state index is -0.330. The van der Waals surface area contributed by atoms with E-state index in [0.717, 1.165) is 32.4 Å². The van der Waals surface area contributed by atoms with Crippen LogP contribution in [-0.4, -0.2) is 39.5 Å². The van der Waals surface area contributed by atoms with E-state index in [1.807, 2.05) is 11.8 Å². The third kappa shape index (κ3) is 2.77. The van der Waals surface area contributed by atoms with Crippen LogP contribution in [0.5, 0.6) is 0 Å². The molecule has 1 atom stereocenters. The summed E-state index contributed by atoms with van der Waals surface area (Å²) in [7, 11) is 0. The summed E-state index contributed by atoms with van der Waals surface area (Å²) in [6, 6.07) is 0. The zero-order valence-electron chi connectivity index (χ0n) is 12.1. The summed E-state index contributed by atoms with van der Waals surface area (Å²) < 4.78 is 1.76. The van der Waals surface area contributed by atoms with Crippen molar-refractivity contribution in [2.24, 2.45) is 5.92 Å². The molecule has 0 aliphatic carbocycles. The molecule has 1 N–H and O–H groups in total. The first kappa shape index (κ1) is 14.8. The molecule has 112 valence electrons. The standard InChI is InChI=1S/C13H22N4O3/c1-3-6-16-13(12(17(19)20)10(2)14-16)15-7-4-11(9-15)5-8-18/h11,18H,3-9H2,1-2H3. The molecule has 0 aromatic carbocycles. The molecule has 0 bridgehead atoms. The van der Waals surface area contributed by atoms with Crippen molar-refractivity contribution < 1.29 is 10.0 Å². The van der Waals surface area contributed by atoms with E-state index in [1.165, 1.54) is 0 Å². The van der Waals surface area contributed by atoms with Gasteiger partial charge in [0.05, 0.1) is 4.92 Å². The maximum absolute atomic E-state index is 11.3. The second-order valence-corrected chi connectivity index (χ2v) is 5.35. The Hall–Kier alpha value is -1.63. The Morgan fingerprint density at radius 1 is 1.55 bits per heavy atom. The average molecular weight is 282 g/mol. The van der Waals surface area contributed by atoms with Crippen molar-refractivity contribution in [2.75, 3.05) is 24.6 Å². The SMILES string of the molecule is CCCn1nc(C)c([N+](=O)[O-])c1N1CCC(CCO)C1. The number of hydrogen-bond donors (Lipinski definition) is 1. The molecule has 0 spiro atoms. The number of aliphatic hydroxyl groups is 1. The van der Waals surface area contributed by atoms with Gasteiger partial charge in [-0.1, -0.05) is 6.92 Å². The van der Waals surface area contributed by atoms with E-state index >= 15 is 0 Å². The van der Waals surface area contributed by atoms with E-state index in [4.69, 9.17) is 5.11 Å². The van der Waals surface area contributed by atoms with E-state index < -0.39 is 0 Å². The van der Waals surface area contributed by atoms with Crippen LogP contribution in [0.2, 0.25) is 0 Å². The van der Waals surface area contributed by atoms with Gasteiger partial charge in [0.15, 0.2) is 0 Å². The van der Waals surface area contributed by atoms with E-state index in [-0.39, 0.29) is 17.2 Å². The Labute approximate surface area is 118 Å². The number of aryl methyl sites for hydroxylation is 2. The lowest BCUT2D eigenvalue weighted by Crippen LogP contribution is -2.24. The predicted octanol–water partition coefficient (Wildman–Crippen LogP) is 1.72. The maximum Gasteiger partial charge on any atom is 0.333 e. The molecule has 7 heteroatoms. The molecule has 1 unspecified atom stereocenters. The van der Waals surface area contributed by atoms with Gasteiger partial charge in [-0.3, -0.25) is 10.1 Å². The van der Waals surface area contributed by atoms with Crippen molar-refractivity contribution in [3.63, 3.8) is 0 Å². The summed E-state index contributed by atoms with van der Waals surface area (Å²) in [6.07, 6.45) is 2.61. The van der Waals surface area contributed by atoms with Gasteiger partial charge >= 0.3 is 5.69 Å². The number of anilines is 1. The van der Waals surface area contributed by atoms with Gasteiger partial charge in [0.25, 0.3) is 0 Å². The summed E-state index contributed by atoms with van der Waals surface area (Å²) in [4.78, 5) is 13.0. The van der Waals surface area contributed by atoms with Gasteiger partial charge in [0.1, 0.15) is 5.69 Å². The van der Waals surface area contributed by atoms with E-state index in [9.17, 15) is 10.1 Å². The molecule has 1 aromatic heterocycles. The van der Waals surface area contributed by atoms with E-state index in [0.29, 0.717) is 24.0 Å². The Balaban J connectivity index is 2.31. The van der Waals surface area contributed by atoms with Crippen LogP contribution in [0.3, 0.4) is 0 Å². The molecule has 0 radical (unpaired) electrons. The Morgan fingerprint density at radius 3 is 2.90 bits per heavy atom. The number of rotatable bonds is 6. The highest BCUT2D eigenvalue weighted by molar-refractivity contribution is 5.61. The van der Waals surface area contributed by atoms with Crippen LogP contribution in [0.4, 0.5) is 11.5 Å². The zero-order valence-corrected chi connectivity index (χ0v) is 12.1. The van der Waals surface area contributed by atoms with Crippen molar-refractivity contribution in [3.8, 4) is 0 Å². The van der Waals surface area contributed by atoms with Crippen molar-refractivity contribution >= 4 is 11.5 Å². The van der Waals surface area contributed by atoms with Gasteiger partial charge in [-0.15, -0.1) is 0 Å². The van der Waals surface area contributed by atoms with Crippen LogP contribution in [0.15, 0.2) is 0 Å². The summed E-state index contributed by atoms with van der Waals surface area (Å²) in [5, 5.41) is 24.7. The average Bonchev–Trinajstić information content (AvgIpc) is 2.94. The molecule has 7 nitrogen and oxygen atoms in total. The quantitative estimate of drug-likeness (QED) is 0.634. The molecular weight excluding hydrogens is 260 g/mol. The largest absolute Gasteiger partial charge is 0.396 e. The number of hydrogen-bond acceptors (Lipinski definition) is 5. The van der Waals surface area contributed by atoms with Crippen LogP contribution in [0.1, 0.15) is 31.9 Å². The Bertz CT molecular complexity index is 486. The first-order valence-corrected chi connectivity index (χ1v) is 7.16. The van der Waals surface area contributed by atoms with Crippen LogP contribution < -0.4 is 4.90 Å². The summed E-state index contributed by atoms with van der Waals surface area (Å²) in [5.41, 5.74) is 0.604. The van der Waals surface area contributed by atoms with Crippen LogP contribution in [0, 0.1) is 23.0 Å². The van der Waals surface area contributed by atoms with Crippen molar-refractivity contribution in [1.82, 2.24) is 9.78 Å². The van der Waals surface area contributed by atoms with Crippen LogP contribution >= 0.6 is 0 Å². The van der Waals surface area contributed by atoms with Crippen molar-refractivity contribution in [1.29, 1.82) is 0 Å². The monoisotopic (exact) mass is 282 g/mol. The minimum absolute atomic E-state index is 0.128. The molecule has 2 heterocycles. The molecular formula is C13H22N4O3. The third-order valence-electron chi connectivity index (χ3n) is 3.81. The maximum atomic E-state index is 11.3. The number of aromatic nitrogens is 2. The first-order chi connectivity index (χ1) is 9.58. The van der Waals surface area contributed by atoms with Gasteiger partial charge in [0.2, 0.25) is 5.82 Å². The minimum Gasteiger partial charge on any atom is -0.396 e. The first-order valence-electron chi connectivity index (χ1n) is 7.16. The molecule has 1 aliphatic rings. The fourth-order valence-electron chi connectivity index (χ4n) is 2.90. The van der Waals surface area contributed by atoms with Crippen molar-refractivity contribution in [3.05, 3.63) is 15.8 Å². The number of nitrogens with zero attached hydrogens (tertiary/aromatic N) is 4. The van der Waals surface area contributed by atoms with Gasteiger partial charge < -0.3 is 10.0 Å². The van der Waals surface area contributed by atoms with Crippen LogP contribution in [-0.2, 0) is 6.54 Å². The second-order valence-electron chi connectivity index (χ2n) is 5.35. The molecule has 1 fully saturated rings. The normalized spacial score (nSPS) is 18.8. The van der Waals surface area contributed by atoms with Gasteiger partial charge in [-0.2, -0.15) is 5.10 Å². The Morgan fingerprint density at radius 2 is 2.30 bits per heavy atom. The highest BCUT2D eigenvalue weighted by atomic mass is 16.6. The molecule has 0 amide bonds. The molecule has 0 saturated carbocycles. The van der Waals surface area contributed by atoms with Crippen LogP contribution in [0.25, 0.3) is 0 Å². The van der Waals surface area contributed by atoms with Gasteiger partial charge in [0, 0.05) is 26.2 Å². The molecule has 1 saturated heterocycles. The lowest BCUT2D eigenvalue weighted by molar-refractivity contribution is -0.384. The summed E-state index contributed by atoms with van der Waals surface area (Å²) in [5.74, 6) is 1.04. The highest BCUT2D eigenvalue weighted by Crippen LogP contribution is 2.35. The van der Waals surface area contributed by atoms with E-state index in [1.54, 1.807) is 11.6 Å². The van der Waals surface area contributed by atoms with Gasteiger partial charge in [-0.25, -0.2) is 4.68 Å². The molecule has 2 rings (SSSR count). The molecule has 20 heavy (non-hydrogen) atoms. The number of aliphatic hydroxyl groups excluding tert-OH is 1. The fraction of sp³-hybridized carbons (Fsp3) is 0.769. The third-order valence-corrected chi connectivity index (χ3v) is 3.81. The number of nitro groups is 1. The predicted molar refractivity (Wildman–Crippen MR) is 75.9 cm³/mol. The summed E-state index contributed by atoms with van der Waals surface area (Å²) >= 11 is 0. The topological polar surface area (TPSA) is 84.4 Å². The zero-order chi connectivity index (χ0) is 14.7. The molecule has 1 aromatic rings. The van der Waals surface area contributed by atoms with Crippen molar-refractivity contribution in [2.45, 2.75) is 39.7 Å². The van der Waals surface area contributed by atoms with Gasteiger partial charge in [-0.05, 0) is 32.1 Å². The lowest BCUT2D eigenvalue weighted by atomic mass is 10.1. The Kier molecular flexibility index (Phi) is 4.59. The summed E-state index contributed by atoms with van der Waals surface area (Å²) in [6.45, 7) is 6.13. The van der Waals surface area contributed by atoms with E-state index in [2.05, 4.69) is 5.10 Å². The highest BCUT2D eigenvalue weighted by Gasteiger charge is 2.33. The smallest absolute Gasteiger partial charge is 0.333 e.